The number of carbonyl (C=O) groups is 3. The lowest BCUT2D eigenvalue weighted by atomic mass is 9.93. The molecule has 2 amide bonds. The minimum Gasteiger partial charge on any atom is -0.480 e. The van der Waals surface area contributed by atoms with Crippen LogP contribution < -0.4 is 5.32 Å². The van der Waals surface area contributed by atoms with Gasteiger partial charge in [0, 0.05) is 19.0 Å². The number of carbonyl (C=O) groups excluding carboxylic acids is 2. The highest BCUT2D eigenvalue weighted by molar-refractivity contribution is 5.84. The maximum atomic E-state index is 12.6. The Morgan fingerprint density at radius 1 is 1.06 bits per heavy atom. The van der Waals surface area contributed by atoms with Crippen LogP contribution >= 0.6 is 0 Å². The number of likely N-dealkylation sites (tertiary alicyclic amines) is 1. The van der Waals surface area contributed by atoms with Crippen LogP contribution in [0.2, 0.25) is 0 Å². The monoisotopic (exact) mass is 466 g/mol. The predicted molar refractivity (Wildman–Crippen MR) is 125 cm³/mol. The Hall–Kier alpha value is -3.39. The van der Waals surface area contributed by atoms with E-state index in [9.17, 15) is 24.6 Å². The van der Waals surface area contributed by atoms with Crippen molar-refractivity contribution in [2.45, 2.75) is 44.2 Å². The van der Waals surface area contributed by atoms with Crippen LogP contribution in [0.4, 0.5) is 4.79 Å². The molecule has 2 aromatic rings. The normalized spacial score (nSPS) is 20.2. The summed E-state index contributed by atoms with van der Waals surface area (Å²) in [5.41, 5.74) is 4.47. The molecule has 8 nitrogen and oxygen atoms in total. The molecule has 1 aliphatic heterocycles. The third-order valence-corrected chi connectivity index (χ3v) is 6.66. The van der Waals surface area contributed by atoms with Crippen molar-refractivity contribution in [1.82, 2.24) is 10.2 Å². The number of aliphatic carboxylic acids is 1. The number of carboxylic acids is 1. The van der Waals surface area contributed by atoms with Crippen molar-refractivity contribution in [2.75, 3.05) is 19.7 Å². The minimum absolute atomic E-state index is 0.0707. The number of alkyl carbamates (subject to hydrolysis) is 1. The van der Waals surface area contributed by atoms with Crippen molar-refractivity contribution < 1.29 is 29.3 Å². The summed E-state index contributed by atoms with van der Waals surface area (Å²) in [5.74, 6) is -1.33. The van der Waals surface area contributed by atoms with E-state index in [1.807, 2.05) is 43.3 Å². The molecule has 3 unspecified atom stereocenters. The Balaban J connectivity index is 1.27. The zero-order valence-corrected chi connectivity index (χ0v) is 19.1. The van der Waals surface area contributed by atoms with Crippen molar-refractivity contribution in [3.8, 4) is 11.1 Å². The number of piperidine rings is 1. The van der Waals surface area contributed by atoms with Crippen LogP contribution in [0.5, 0.6) is 0 Å². The van der Waals surface area contributed by atoms with E-state index in [-0.39, 0.29) is 31.4 Å². The van der Waals surface area contributed by atoms with E-state index in [4.69, 9.17) is 4.74 Å². The van der Waals surface area contributed by atoms with Crippen molar-refractivity contribution in [2.24, 2.45) is 5.92 Å². The molecule has 0 radical (unpaired) electrons. The summed E-state index contributed by atoms with van der Waals surface area (Å²) in [6.45, 7) is 2.31. The van der Waals surface area contributed by atoms with Crippen molar-refractivity contribution in [1.29, 1.82) is 0 Å². The molecule has 1 aliphatic carbocycles. The molecule has 1 saturated heterocycles. The number of rotatable bonds is 7. The van der Waals surface area contributed by atoms with Gasteiger partial charge < -0.3 is 25.2 Å². The third kappa shape index (κ3) is 5.07. The van der Waals surface area contributed by atoms with E-state index in [1.165, 1.54) is 4.90 Å². The molecule has 2 aromatic carbocycles. The Labute approximate surface area is 198 Å². The van der Waals surface area contributed by atoms with E-state index >= 15 is 0 Å². The Kier molecular flexibility index (Phi) is 7.17. The van der Waals surface area contributed by atoms with Gasteiger partial charge in [0.2, 0.25) is 5.91 Å². The van der Waals surface area contributed by atoms with Gasteiger partial charge in [-0.1, -0.05) is 55.5 Å². The van der Waals surface area contributed by atoms with Gasteiger partial charge in [0.15, 0.2) is 0 Å². The lowest BCUT2D eigenvalue weighted by molar-refractivity contribution is -0.153. The van der Waals surface area contributed by atoms with Gasteiger partial charge in [-0.05, 0) is 41.0 Å². The zero-order chi connectivity index (χ0) is 24.2. The van der Waals surface area contributed by atoms with Crippen LogP contribution in [-0.2, 0) is 14.3 Å². The molecule has 4 rings (SSSR count). The Bertz CT molecular complexity index is 1030. The highest BCUT2D eigenvalue weighted by Gasteiger charge is 2.35. The summed E-state index contributed by atoms with van der Waals surface area (Å²) in [6, 6.07) is 15.2. The first-order valence-corrected chi connectivity index (χ1v) is 11.6. The zero-order valence-electron chi connectivity index (χ0n) is 19.1. The number of hydrogen-bond donors (Lipinski definition) is 3. The number of aliphatic hydroxyl groups excluding tert-OH is 1. The van der Waals surface area contributed by atoms with Crippen molar-refractivity contribution in [3.63, 3.8) is 0 Å². The van der Waals surface area contributed by atoms with Crippen LogP contribution in [0.25, 0.3) is 11.1 Å². The average molecular weight is 467 g/mol. The van der Waals surface area contributed by atoms with Crippen LogP contribution in [0.15, 0.2) is 48.5 Å². The summed E-state index contributed by atoms with van der Waals surface area (Å²) in [4.78, 5) is 37.7. The number of aliphatic hydroxyl groups is 1. The van der Waals surface area contributed by atoms with Gasteiger partial charge >= 0.3 is 12.1 Å². The molecule has 1 fully saturated rings. The molecule has 8 heteroatoms. The molecular weight excluding hydrogens is 436 g/mol. The van der Waals surface area contributed by atoms with Crippen molar-refractivity contribution >= 4 is 18.0 Å². The molecule has 2 aliphatic rings. The Morgan fingerprint density at radius 2 is 1.68 bits per heavy atom. The topological polar surface area (TPSA) is 116 Å². The highest BCUT2D eigenvalue weighted by atomic mass is 16.5. The molecule has 0 bridgehead atoms. The highest BCUT2D eigenvalue weighted by Crippen LogP contribution is 2.44. The molecule has 0 aromatic heterocycles. The van der Waals surface area contributed by atoms with Crippen LogP contribution in [0.3, 0.4) is 0 Å². The molecule has 180 valence electrons. The lowest BCUT2D eigenvalue weighted by Gasteiger charge is -2.36. The molecule has 1 heterocycles. The van der Waals surface area contributed by atoms with Gasteiger partial charge in [0.05, 0.1) is 12.5 Å². The molecular formula is C26H30N2O6. The van der Waals surface area contributed by atoms with E-state index in [1.54, 1.807) is 0 Å². The first kappa shape index (κ1) is 23.8. The van der Waals surface area contributed by atoms with Gasteiger partial charge in [-0.15, -0.1) is 0 Å². The summed E-state index contributed by atoms with van der Waals surface area (Å²) < 4.78 is 5.44. The first-order chi connectivity index (χ1) is 16.3. The maximum absolute atomic E-state index is 12.6. The first-order valence-electron chi connectivity index (χ1n) is 11.6. The number of hydrogen-bond acceptors (Lipinski definition) is 5. The number of nitrogens with one attached hydrogen (secondary N) is 1. The number of carboxylic acid groups (broad SMARTS) is 1. The number of amides is 2. The summed E-state index contributed by atoms with van der Waals surface area (Å²) in [7, 11) is 0. The smallest absolute Gasteiger partial charge is 0.407 e. The van der Waals surface area contributed by atoms with E-state index in [2.05, 4.69) is 17.4 Å². The fraction of sp³-hybridized carbons (Fsp3) is 0.423. The standard InChI is InChI=1S/C26H30N2O6/c1-16-10-11-23(25(31)32)28(14-16)24(30)12-17(29)13-27-26(33)34-15-22-20-8-4-2-6-18(20)19-7-3-5-9-21(19)22/h2-9,16-17,22-23,29H,10-15H2,1H3,(H,27,33)(H,31,32). The molecule has 0 saturated carbocycles. The van der Waals surface area contributed by atoms with E-state index < -0.39 is 30.1 Å². The summed E-state index contributed by atoms with van der Waals surface area (Å²) in [5, 5.41) is 22.2. The fourth-order valence-electron chi connectivity index (χ4n) is 4.93. The summed E-state index contributed by atoms with van der Waals surface area (Å²) in [6.07, 6.45) is -0.939. The second kappa shape index (κ2) is 10.3. The Morgan fingerprint density at radius 3 is 2.29 bits per heavy atom. The van der Waals surface area contributed by atoms with Gasteiger partial charge in [-0.25, -0.2) is 9.59 Å². The number of ether oxygens (including phenoxy) is 1. The number of nitrogens with zero attached hydrogens (tertiary/aromatic N) is 1. The van der Waals surface area contributed by atoms with Crippen molar-refractivity contribution in [3.05, 3.63) is 59.7 Å². The van der Waals surface area contributed by atoms with Crippen LogP contribution in [-0.4, -0.2) is 64.9 Å². The fourth-order valence-corrected chi connectivity index (χ4v) is 4.93. The lowest BCUT2D eigenvalue weighted by Crippen LogP contribution is -2.51. The van der Waals surface area contributed by atoms with Crippen LogP contribution in [0.1, 0.15) is 43.2 Å². The molecule has 0 spiro atoms. The predicted octanol–water partition coefficient (Wildman–Crippen LogP) is 2.99. The van der Waals surface area contributed by atoms with Gasteiger partial charge in [-0.2, -0.15) is 0 Å². The number of benzene rings is 2. The quantitative estimate of drug-likeness (QED) is 0.578. The van der Waals surface area contributed by atoms with E-state index in [0.29, 0.717) is 13.0 Å². The summed E-state index contributed by atoms with van der Waals surface area (Å²) >= 11 is 0. The van der Waals surface area contributed by atoms with Crippen LogP contribution in [0, 0.1) is 5.92 Å². The van der Waals surface area contributed by atoms with Gasteiger partial charge in [0.25, 0.3) is 0 Å². The second-order valence-electron chi connectivity index (χ2n) is 9.15. The third-order valence-electron chi connectivity index (χ3n) is 6.66. The second-order valence-corrected chi connectivity index (χ2v) is 9.15. The SMILES string of the molecule is CC1CCC(C(=O)O)N(C(=O)CC(O)CNC(=O)OCC2c3ccccc3-c3ccccc32)C1. The van der Waals surface area contributed by atoms with Gasteiger partial charge in [-0.3, -0.25) is 4.79 Å². The largest absolute Gasteiger partial charge is 0.480 e. The molecule has 3 N–H and O–H groups in total. The average Bonchev–Trinajstić information content (AvgIpc) is 3.15. The number of fused-ring (bicyclic) bond motifs is 3. The van der Waals surface area contributed by atoms with Gasteiger partial charge in [0.1, 0.15) is 12.6 Å². The molecule has 34 heavy (non-hydrogen) atoms. The molecule has 3 atom stereocenters. The van der Waals surface area contributed by atoms with E-state index in [0.717, 1.165) is 28.7 Å². The minimum atomic E-state index is -1.14. The maximum Gasteiger partial charge on any atom is 0.407 e.